The molecule has 1 heterocycles. The quantitative estimate of drug-likeness (QED) is 0.449. The van der Waals surface area contributed by atoms with Gasteiger partial charge in [-0.2, -0.15) is 0 Å². The molecular formula is C13H15N2O5S. The van der Waals surface area contributed by atoms with E-state index in [1.807, 2.05) is 0 Å². The number of carbonyl (C=O) groups excluding carboxylic acids is 4. The number of Topliss-reactive ketones (excluding diaryl/α,β-unsaturated/α-hetero) is 1. The van der Waals surface area contributed by atoms with Gasteiger partial charge in [0.05, 0.1) is 12.2 Å². The molecule has 21 heavy (non-hydrogen) atoms. The van der Waals surface area contributed by atoms with E-state index in [9.17, 15) is 19.2 Å². The zero-order chi connectivity index (χ0) is 16.0. The maximum Gasteiger partial charge on any atom is 0.367 e. The number of rotatable bonds is 7. The van der Waals surface area contributed by atoms with Crippen molar-refractivity contribution in [1.29, 1.82) is 0 Å². The fraction of sp³-hybridized carbons (Fsp3) is 0.462. The standard InChI is InChI=1S/C13H15N2O5S/c1-13(2,3)20-12(19)11-15-9(6-21-11)8(5-16)10(18)4-14-7-17/h6-8H,4H2,1-3H3,(H,14,17). The van der Waals surface area contributed by atoms with Gasteiger partial charge in [-0.1, -0.05) is 0 Å². The summed E-state index contributed by atoms with van der Waals surface area (Å²) in [5.74, 6) is -2.41. The molecule has 1 unspecified atom stereocenters. The molecule has 0 aliphatic heterocycles. The summed E-state index contributed by atoms with van der Waals surface area (Å²) < 4.78 is 5.14. The molecule has 7 nitrogen and oxygen atoms in total. The fourth-order valence-electron chi connectivity index (χ4n) is 1.37. The van der Waals surface area contributed by atoms with Crippen molar-refractivity contribution in [2.75, 3.05) is 6.54 Å². The summed E-state index contributed by atoms with van der Waals surface area (Å²) >= 11 is 0.977. The normalized spacial score (nSPS) is 12.3. The van der Waals surface area contributed by atoms with Crippen LogP contribution in [-0.2, 0) is 19.1 Å². The highest BCUT2D eigenvalue weighted by Gasteiger charge is 2.26. The first-order chi connectivity index (χ1) is 9.78. The number of aromatic nitrogens is 1. The van der Waals surface area contributed by atoms with E-state index in [0.717, 1.165) is 11.3 Å². The van der Waals surface area contributed by atoms with E-state index in [1.54, 1.807) is 27.1 Å². The summed E-state index contributed by atoms with van der Waals surface area (Å²) in [6.07, 6.45) is 1.92. The Bertz CT molecular complexity index is 547. The van der Waals surface area contributed by atoms with Crippen LogP contribution in [0.3, 0.4) is 0 Å². The molecule has 0 saturated heterocycles. The molecule has 113 valence electrons. The minimum atomic E-state index is -1.23. The van der Waals surface area contributed by atoms with Gasteiger partial charge in [0.25, 0.3) is 0 Å². The predicted molar refractivity (Wildman–Crippen MR) is 74.8 cm³/mol. The maximum atomic E-state index is 11.8. The predicted octanol–water partition coefficient (Wildman–Crippen LogP) is 0.607. The van der Waals surface area contributed by atoms with Gasteiger partial charge >= 0.3 is 5.97 Å². The Kier molecular flexibility index (Phi) is 5.71. The third-order valence-electron chi connectivity index (χ3n) is 2.19. The van der Waals surface area contributed by atoms with Crippen LogP contribution in [0.25, 0.3) is 0 Å². The lowest BCUT2D eigenvalue weighted by Crippen LogP contribution is -2.27. The second-order valence-corrected chi connectivity index (χ2v) is 5.95. The highest BCUT2D eigenvalue weighted by atomic mass is 32.1. The molecule has 1 rings (SSSR count). The fourth-order valence-corrected chi connectivity index (χ4v) is 2.09. The van der Waals surface area contributed by atoms with E-state index < -0.39 is 23.3 Å². The number of hydrogen-bond acceptors (Lipinski definition) is 7. The molecule has 8 heteroatoms. The van der Waals surface area contributed by atoms with Crippen molar-refractivity contribution in [3.8, 4) is 0 Å². The summed E-state index contributed by atoms with van der Waals surface area (Å²) in [6, 6.07) is 0. The number of carbonyl (C=O) groups is 3. The molecule has 1 aromatic rings. The number of esters is 1. The van der Waals surface area contributed by atoms with Crippen LogP contribution in [0, 0.1) is 0 Å². The highest BCUT2D eigenvalue weighted by Crippen LogP contribution is 2.20. The molecule has 0 aliphatic carbocycles. The third-order valence-corrected chi connectivity index (χ3v) is 3.03. The van der Waals surface area contributed by atoms with Crippen molar-refractivity contribution in [2.45, 2.75) is 32.3 Å². The number of ether oxygens (including phenoxy) is 1. The molecule has 1 amide bonds. The zero-order valence-electron chi connectivity index (χ0n) is 11.8. The minimum absolute atomic E-state index is 0.0521. The lowest BCUT2D eigenvalue weighted by Gasteiger charge is -2.18. The van der Waals surface area contributed by atoms with E-state index in [0.29, 0.717) is 6.41 Å². The lowest BCUT2D eigenvalue weighted by atomic mass is 10.0. The van der Waals surface area contributed by atoms with Crippen LogP contribution in [0.2, 0.25) is 0 Å². The van der Waals surface area contributed by atoms with E-state index in [-0.39, 0.29) is 17.2 Å². The van der Waals surface area contributed by atoms with Gasteiger partial charge in [0.1, 0.15) is 11.5 Å². The molecule has 1 aromatic heterocycles. The summed E-state index contributed by atoms with van der Waals surface area (Å²) in [5, 5.41) is 3.64. The number of nitrogens with one attached hydrogen (secondary N) is 1. The molecular weight excluding hydrogens is 296 g/mol. The average Bonchev–Trinajstić information content (AvgIpc) is 2.85. The lowest BCUT2D eigenvalue weighted by molar-refractivity contribution is -0.120. The summed E-state index contributed by atoms with van der Waals surface area (Å²) in [6.45, 7) is 4.85. The van der Waals surface area contributed by atoms with Crippen LogP contribution in [0.4, 0.5) is 0 Å². The molecule has 1 atom stereocenters. The van der Waals surface area contributed by atoms with Crippen LogP contribution in [-0.4, -0.2) is 41.6 Å². The molecule has 0 aromatic carbocycles. The van der Waals surface area contributed by atoms with E-state index in [1.165, 1.54) is 5.38 Å². The molecule has 0 fully saturated rings. The number of hydrogen-bond donors (Lipinski definition) is 1. The van der Waals surface area contributed by atoms with Crippen molar-refractivity contribution in [3.05, 3.63) is 16.1 Å². The summed E-state index contributed by atoms with van der Waals surface area (Å²) in [5.41, 5.74) is -0.545. The van der Waals surface area contributed by atoms with Crippen LogP contribution in [0.5, 0.6) is 0 Å². The minimum Gasteiger partial charge on any atom is -0.455 e. The van der Waals surface area contributed by atoms with E-state index in [4.69, 9.17) is 4.74 Å². The monoisotopic (exact) mass is 311 g/mol. The molecule has 0 spiro atoms. The van der Waals surface area contributed by atoms with E-state index >= 15 is 0 Å². The zero-order valence-corrected chi connectivity index (χ0v) is 12.7. The second kappa shape index (κ2) is 7.07. The smallest absolute Gasteiger partial charge is 0.367 e. The SMILES string of the molecule is CC(C)(C)OC(=O)c1nc(C([C]=O)C(=O)CNC=O)cs1. The third kappa shape index (κ3) is 5.07. The molecule has 0 saturated carbocycles. The van der Waals surface area contributed by atoms with Crippen LogP contribution >= 0.6 is 11.3 Å². The Labute approximate surface area is 125 Å². The van der Waals surface area contributed by atoms with Gasteiger partial charge in [-0.05, 0) is 20.8 Å². The Hall–Kier alpha value is -2.09. The molecule has 1 N–H and O–H groups in total. The number of amides is 1. The Morgan fingerprint density at radius 1 is 1.52 bits per heavy atom. The Morgan fingerprint density at radius 2 is 2.19 bits per heavy atom. The molecule has 1 radical (unpaired) electrons. The average molecular weight is 311 g/mol. The molecule has 0 aliphatic rings. The van der Waals surface area contributed by atoms with Gasteiger partial charge in [-0.25, -0.2) is 9.78 Å². The van der Waals surface area contributed by atoms with Crippen molar-refractivity contribution >= 4 is 35.8 Å². The van der Waals surface area contributed by atoms with Gasteiger partial charge in [0.15, 0.2) is 5.78 Å². The van der Waals surface area contributed by atoms with Crippen LogP contribution in [0.1, 0.15) is 42.2 Å². The topological polar surface area (TPSA) is 102 Å². The highest BCUT2D eigenvalue weighted by molar-refractivity contribution is 7.11. The van der Waals surface area contributed by atoms with Crippen molar-refractivity contribution in [2.24, 2.45) is 0 Å². The van der Waals surface area contributed by atoms with Gasteiger partial charge in [0, 0.05) is 5.38 Å². The molecule has 0 bridgehead atoms. The summed E-state index contributed by atoms with van der Waals surface area (Å²) in [7, 11) is 0. The van der Waals surface area contributed by atoms with Crippen LogP contribution < -0.4 is 5.32 Å². The maximum absolute atomic E-state index is 11.8. The van der Waals surface area contributed by atoms with Crippen molar-refractivity contribution in [3.63, 3.8) is 0 Å². The van der Waals surface area contributed by atoms with Crippen LogP contribution in [0.15, 0.2) is 5.38 Å². The first kappa shape index (κ1) is 17.0. The Balaban J connectivity index is 2.85. The first-order valence-corrected chi connectivity index (χ1v) is 6.92. The summed E-state index contributed by atoms with van der Waals surface area (Å²) in [4.78, 5) is 48.5. The largest absolute Gasteiger partial charge is 0.455 e. The van der Waals surface area contributed by atoms with E-state index in [2.05, 4.69) is 10.3 Å². The Morgan fingerprint density at radius 3 is 2.71 bits per heavy atom. The van der Waals surface area contributed by atoms with Gasteiger partial charge in [0.2, 0.25) is 17.7 Å². The number of thiazole rings is 1. The van der Waals surface area contributed by atoms with Gasteiger partial charge < -0.3 is 10.1 Å². The number of nitrogens with zero attached hydrogens (tertiary/aromatic N) is 1. The second-order valence-electron chi connectivity index (χ2n) is 5.10. The van der Waals surface area contributed by atoms with Crippen molar-refractivity contribution < 1.29 is 23.9 Å². The number of ketones is 1. The first-order valence-electron chi connectivity index (χ1n) is 6.04. The van der Waals surface area contributed by atoms with Crippen molar-refractivity contribution in [1.82, 2.24) is 10.3 Å². The van der Waals surface area contributed by atoms with Gasteiger partial charge in [-0.3, -0.25) is 14.4 Å². The van der Waals surface area contributed by atoms with Gasteiger partial charge in [-0.15, -0.1) is 11.3 Å².